The molecule has 8 aliphatic carbocycles. The van der Waals surface area contributed by atoms with Crippen molar-refractivity contribution in [1.82, 2.24) is 0 Å². The Hall–Kier alpha value is -4.47. The summed E-state index contributed by atoms with van der Waals surface area (Å²) in [6, 6.07) is 0. The second-order valence-corrected chi connectivity index (χ2v) is 28.3. The minimum atomic E-state index is -2.12. The summed E-state index contributed by atoms with van der Waals surface area (Å²) in [6.45, 7) is 27.2. The van der Waals surface area contributed by atoms with Gasteiger partial charge in [-0.3, -0.25) is 33.6 Å². The van der Waals surface area contributed by atoms with E-state index in [1.165, 1.54) is 85.0 Å². The van der Waals surface area contributed by atoms with E-state index in [0.29, 0.717) is 35.1 Å². The Labute approximate surface area is 494 Å². The highest BCUT2D eigenvalue weighted by atomic mass is 16.6. The molecule has 1 unspecified atom stereocenters. The summed E-state index contributed by atoms with van der Waals surface area (Å²) in [5.74, 6) is -4.49. The molecular formula is C68H102O15. The molecule has 0 radical (unpaired) electrons. The normalized spacial score (nSPS) is 36.8. The molecule has 0 aromatic rings. The van der Waals surface area contributed by atoms with Crippen molar-refractivity contribution in [2.75, 3.05) is 13.2 Å². The fraction of sp³-hybridized carbons (Fsp3) is 0.779. The number of aliphatic hydroxyl groups is 3. The molecule has 0 aromatic carbocycles. The first-order valence-electron chi connectivity index (χ1n) is 31.7. The lowest BCUT2D eigenvalue weighted by molar-refractivity contribution is -0.211. The molecule has 0 aromatic heterocycles. The van der Waals surface area contributed by atoms with Gasteiger partial charge in [-0.2, -0.15) is 0 Å². The quantitative estimate of drug-likeness (QED) is 0.0374. The van der Waals surface area contributed by atoms with Gasteiger partial charge in [-0.05, 0) is 102 Å². The zero-order chi connectivity index (χ0) is 61.5. The number of ether oxygens (including phenoxy) is 5. The van der Waals surface area contributed by atoms with E-state index in [1.807, 2.05) is 27.7 Å². The van der Waals surface area contributed by atoms with E-state index in [2.05, 4.69) is 34.6 Å². The highest BCUT2D eigenvalue weighted by molar-refractivity contribution is 5.96. The summed E-state index contributed by atoms with van der Waals surface area (Å²) in [6.07, 6.45) is 19.4. The number of unbranched alkanes of at least 4 members (excludes halogenated alkanes) is 12. The number of carbonyl (C=O) groups is 7. The Morgan fingerprint density at radius 3 is 1.43 bits per heavy atom. The third-order valence-electron chi connectivity index (χ3n) is 21.9. The van der Waals surface area contributed by atoms with Gasteiger partial charge in [0, 0.05) is 44.6 Å². The molecule has 0 saturated heterocycles. The largest absolute Gasteiger partial charge is 0.461 e. The minimum absolute atomic E-state index is 0.0165. The fourth-order valence-corrected chi connectivity index (χ4v) is 16.8. The van der Waals surface area contributed by atoms with Crippen LogP contribution in [0.5, 0.6) is 0 Å². The van der Waals surface area contributed by atoms with Crippen molar-refractivity contribution < 1.29 is 72.6 Å². The lowest BCUT2D eigenvalue weighted by Gasteiger charge is -2.49. The van der Waals surface area contributed by atoms with Crippen LogP contribution < -0.4 is 0 Å². The summed E-state index contributed by atoms with van der Waals surface area (Å²) in [4.78, 5) is 91.5. The molecule has 4 saturated carbocycles. The topological polar surface area (TPSA) is 226 Å². The van der Waals surface area contributed by atoms with Crippen molar-refractivity contribution >= 4 is 41.4 Å². The van der Waals surface area contributed by atoms with Crippen LogP contribution in [0.1, 0.15) is 207 Å². The summed E-state index contributed by atoms with van der Waals surface area (Å²) >= 11 is 0. The third kappa shape index (κ3) is 11.9. The molecule has 8 aliphatic rings. The third-order valence-corrected chi connectivity index (χ3v) is 21.9. The number of fused-ring (bicyclic) bond motifs is 6. The van der Waals surface area contributed by atoms with Crippen molar-refractivity contribution in [3.05, 3.63) is 46.6 Å². The maximum atomic E-state index is 14.8. The first kappa shape index (κ1) is 66.1. The van der Waals surface area contributed by atoms with E-state index < -0.39 is 88.1 Å². The number of rotatable bonds is 23. The monoisotopic (exact) mass is 1160 g/mol. The summed E-state index contributed by atoms with van der Waals surface area (Å²) in [7, 11) is 0. The highest BCUT2D eigenvalue weighted by Crippen LogP contribution is 2.73. The number of allylic oxidation sites excluding steroid dienone is 2. The van der Waals surface area contributed by atoms with Crippen LogP contribution in [0.2, 0.25) is 0 Å². The van der Waals surface area contributed by atoms with Crippen molar-refractivity contribution in [2.24, 2.45) is 80.8 Å². The molecular weight excluding hydrogens is 1060 g/mol. The average Bonchev–Trinajstić information content (AvgIpc) is 1.71. The fourth-order valence-electron chi connectivity index (χ4n) is 16.8. The van der Waals surface area contributed by atoms with Crippen molar-refractivity contribution in [1.29, 1.82) is 0 Å². The highest BCUT2D eigenvalue weighted by Gasteiger charge is 2.79. The lowest BCUT2D eigenvalue weighted by atomic mass is 9.59. The summed E-state index contributed by atoms with van der Waals surface area (Å²) in [5.41, 5.74) is -5.50. The van der Waals surface area contributed by atoms with Gasteiger partial charge < -0.3 is 39.0 Å². The van der Waals surface area contributed by atoms with E-state index in [1.54, 1.807) is 45.1 Å². The van der Waals surface area contributed by atoms with E-state index in [0.717, 1.165) is 25.7 Å². The molecule has 0 aliphatic heterocycles. The Balaban J connectivity index is 0.000000254. The summed E-state index contributed by atoms with van der Waals surface area (Å²) < 4.78 is 28.4. The van der Waals surface area contributed by atoms with Crippen LogP contribution in [0.3, 0.4) is 0 Å². The number of hydrogen-bond acceptors (Lipinski definition) is 15. The Kier molecular flexibility index (Phi) is 20.3. The standard InChI is InChI=1S/C42H68O7.C26H34O8/c1-9-10-11-12-13-14-15-16-17-18-19-20-21-22-34(43)48-26-31-24-32-35-33(40(35,7)8)23-29(5)41(37(32)45)25-28(4)38(42(41,47)36(31)44)49-39(46)30(6)27(2)3;1-12-10-25-13(2)8-19-20(24(19,6)7)18(21(25)30)9-17(11-32-14(3)27)23(34-16(5)29)26(25,31)22(12)33-15(4)28/h24-25,27,29-30,32-33,35-36,38,44,47H,9-23,26H2,1-8H3;9-10,13,18-20,22-23,31H,8,11H2,1-7H3/t29-,30?,32+,33-,35+,36-,38+,41+,42+;13-,18+,19-,20+,22+,23-,25+,26-/m11/s1. The SMILES string of the molecule is CC(=O)OCC1=C[C@@H]2C(=O)[C@]3(C=C(C)[C@H](OC(C)=O)[C@@]3(O)[C@@H]1OC(C)=O)[C@H](C)C[C@@H]1[C@H]2C1(C)C.CCCCCCCCCCCCCCCC(=O)OCC1=C[C@@H]2C(=O)[C@]3(C=C(C)[C@H](OC(=O)C(C)C(C)C)[C@@]3(O)[C@@H]1O)[C@H](C)C[C@@H]1[C@H]2C1(C)C. The van der Waals surface area contributed by atoms with Crippen LogP contribution in [-0.4, -0.2) is 106 Å². The van der Waals surface area contributed by atoms with Gasteiger partial charge in [0.2, 0.25) is 0 Å². The second-order valence-electron chi connectivity index (χ2n) is 28.3. The van der Waals surface area contributed by atoms with Gasteiger partial charge in [0.15, 0.2) is 41.1 Å². The Morgan fingerprint density at radius 1 is 0.578 bits per heavy atom. The Morgan fingerprint density at radius 2 is 0.988 bits per heavy atom. The van der Waals surface area contributed by atoms with Crippen molar-refractivity contribution in [3.8, 4) is 0 Å². The van der Waals surface area contributed by atoms with E-state index in [9.17, 15) is 48.9 Å². The van der Waals surface area contributed by atoms with Gasteiger partial charge in [0.25, 0.3) is 0 Å². The van der Waals surface area contributed by atoms with Gasteiger partial charge in [0.1, 0.15) is 19.3 Å². The molecule has 2 spiro atoms. The van der Waals surface area contributed by atoms with Gasteiger partial charge in [-0.25, -0.2) is 0 Å². The molecule has 17 atom stereocenters. The molecule has 15 heteroatoms. The van der Waals surface area contributed by atoms with Crippen LogP contribution in [0.4, 0.5) is 0 Å². The van der Waals surface area contributed by atoms with Crippen molar-refractivity contribution in [2.45, 2.75) is 242 Å². The van der Waals surface area contributed by atoms with E-state index in [-0.39, 0.29) is 83.0 Å². The van der Waals surface area contributed by atoms with Gasteiger partial charge >= 0.3 is 29.8 Å². The van der Waals surface area contributed by atoms with E-state index >= 15 is 0 Å². The van der Waals surface area contributed by atoms with Gasteiger partial charge in [-0.15, -0.1) is 0 Å². The molecule has 3 N–H and O–H groups in total. The molecule has 0 amide bonds. The molecule has 464 valence electrons. The number of aliphatic hydroxyl groups excluding tert-OH is 1. The zero-order valence-corrected chi connectivity index (χ0v) is 52.9. The molecule has 83 heavy (non-hydrogen) atoms. The number of hydrogen-bond donors (Lipinski definition) is 3. The molecule has 15 nitrogen and oxygen atoms in total. The molecule has 8 rings (SSSR count). The van der Waals surface area contributed by atoms with Crippen LogP contribution in [0, 0.1) is 80.8 Å². The zero-order valence-electron chi connectivity index (χ0n) is 52.9. The van der Waals surface area contributed by atoms with E-state index in [4.69, 9.17) is 23.7 Å². The van der Waals surface area contributed by atoms with Gasteiger partial charge in [-0.1, -0.05) is 171 Å². The van der Waals surface area contributed by atoms with Crippen molar-refractivity contribution in [3.63, 3.8) is 0 Å². The molecule has 4 fully saturated rings. The Bertz CT molecular complexity index is 2600. The maximum Gasteiger partial charge on any atom is 0.309 e. The average molecular weight is 1160 g/mol. The van der Waals surface area contributed by atoms with Crippen LogP contribution in [0.15, 0.2) is 46.6 Å². The number of carbonyl (C=O) groups excluding carboxylic acids is 7. The lowest BCUT2D eigenvalue weighted by Crippen LogP contribution is -2.66. The smallest absolute Gasteiger partial charge is 0.309 e. The first-order chi connectivity index (χ1) is 38.8. The minimum Gasteiger partial charge on any atom is -0.461 e. The van der Waals surface area contributed by atoms with Gasteiger partial charge in [0.05, 0.1) is 16.7 Å². The van der Waals surface area contributed by atoms with Crippen LogP contribution >= 0.6 is 0 Å². The van der Waals surface area contributed by atoms with Crippen LogP contribution in [-0.2, 0) is 57.2 Å². The second kappa shape index (κ2) is 25.5. The predicted molar refractivity (Wildman–Crippen MR) is 313 cm³/mol. The number of esters is 5. The summed E-state index contributed by atoms with van der Waals surface area (Å²) in [5, 5.41) is 37.6. The maximum absolute atomic E-state index is 14.8. The number of ketones is 2. The molecule has 0 heterocycles. The number of Topliss-reactive ketones (excluding diaryl/α,β-unsaturated/α-hetero) is 2. The van der Waals surface area contributed by atoms with Crippen LogP contribution in [0.25, 0.3) is 0 Å². The molecule has 4 bridgehead atoms. The predicted octanol–water partition coefficient (Wildman–Crippen LogP) is 11.2. The first-order valence-corrected chi connectivity index (χ1v) is 31.7.